The number of hydrogen-bond acceptors (Lipinski definition) is 2. The predicted octanol–water partition coefficient (Wildman–Crippen LogP) is 3.27. The van der Waals surface area contributed by atoms with E-state index in [0.29, 0.717) is 5.56 Å². The van der Waals surface area contributed by atoms with Gasteiger partial charge < -0.3 is 9.73 Å². The van der Waals surface area contributed by atoms with Crippen LogP contribution in [0, 0.1) is 6.92 Å². The molecule has 0 aliphatic heterocycles. The average molecular weight is 288 g/mol. The maximum atomic E-state index is 11.9. The number of alkyl halides is 1. The first-order valence-corrected chi connectivity index (χ1v) is 6.56. The van der Waals surface area contributed by atoms with Crippen molar-refractivity contribution in [1.29, 1.82) is 0 Å². The zero-order valence-electron chi connectivity index (χ0n) is 9.97. The van der Waals surface area contributed by atoms with Gasteiger partial charge in [0.1, 0.15) is 12.0 Å². The molecule has 3 nitrogen and oxygen atoms in total. The number of carbonyl (C=O) groups excluding carboxylic acids is 1. The Balaban J connectivity index is 2.69. The highest BCUT2D eigenvalue weighted by Crippen LogP contribution is 2.17. The molecular formula is C12H18BrNO2. The molecule has 1 atom stereocenters. The van der Waals surface area contributed by atoms with Crippen molar-refractivity contribution in [1.82, 2.24) is 5.32 Å². The van der Waals surface area contributed by atoms with E-state index in [2.05, 4.69) is 35.1 Å². The number of nitrogens with one attached hydrogen (secondary N) is 1. The van der Waals surface area contributed by atoms with Gasteiger partial charge in [-0.25, -0.2) is 0 Å². The lowest BCUT2D eigenvalue weighted by molar-refractivity contribution is 0.0901. The summed E-state index contributed by atoms with van der Waals surface area (Å²) in [6.07, 6.45) is 3.31. The van der Waals surface area contributed by atoms with Crippen molar-refractivity contribution >= 4 is 21.8 Å². The molecule has 0 aliphatic carbocycles. The average Bonchev–Trinajstić information content (AvgIpc) is 2.65. The molecule has 1 rings (SSSR count). The molecular weight excluding hydrogens is 270 g/mol. The van der Waals surface area contributed by atoms with Gasteiger partial charge in [0.25, 0.3) is 5.91 Å². The van der Waals surface area contributed by atoms with Crippen LogP contribution in [0.2, 0.25) is 0 Å². The molecule has 90 valence electrons. The van der Waals surface area contributed by atoms with Crippen LogP contribution in [0.5, 0.6) is 0 Å². The molecule has 0 spiro atoms. The van der Waals surface area contributed by atoms with Gasteiger partial charge in [-0.2, -0.15) is 0 Å². The summed E-state index contributed by atoms with van der Waals surface area (Å²) in [7, 11) is 0. The third kappa shape index (κ3) is 3.37. The summed E-state index contributed by atoms with van der Waals surface area (Å²) < 4.78 is 5.12. The van der Waals surface area contributed by atoms with Crippen LogP contribution in [0.3, 0.4) is 0 Å². The summed E-state index contributed by atoms with van der Waals surface area (Å²) in [6.45, 7) is 5.96. The quantitative estimate of drug-likeness (QED) is 0.845. The lowest BCUT2D eigenvalue weighted by Gasteiger charge is -2.28. The van der Waals surface area contributed by atoms with Crippen LogP contribution in [0.4, 0.5) is 0 Å². The molecule has 0 aromatic carbocycles. The van der Waals surface area contributed by atoms with Gasteiger partial charge in [0.05, 0.1) is 5.56 Å². The number of hydrogen-bond donors (Lipinski definition) is 1. The van der Waals surface area contributed by atoms with Crippen molar-refractivity contribution in [3.63, 3.8) is 0 Å². The fourth-order valence-corrected chi connectivity index (χ4v) is 2.32. The van der Waals surface area contributed by atoms with E-state index in [4.69, 9.17) is 4.42 Å². The monoisotopic (exact) mass is 287 g/mol. The van der Waals surface area contributed by atoms with Crippen LogP contribution >= 0.6 is 15.9 Å². The molecule has 0 saturated carbocycles. The summed E-state index contributed by atoms with van der Waals surface area (Å²) in [6, 6.07) is 1.75. The molecule has 1 aromatic heterocycles. The highest BCUT2D eigenvalue weighted by molar-refractivity contribution is 9.09. The standard InChI is InChI=1S/C12H18BrNO2/c1-4-12(3,5-6-13)14-11(15)10-7-9(2)16-8-10/h7-8H,4-6H2,1-3H3,(H,14,15). The van der Waals surface area contributed by atoms with Gasteiger partial charge in [0.2, 0.25) is 0 Å². The minimum atomic E-state index is -0.161. The lowest BCUT2D eigenvalue weighted by atomic mass is 9.95. The number of amides is 1. The lowest BCUT2D eigenvalue weighted by Crippen LogP contribution is -2.45. The summed E-state index contributed by atoms with van der Waals surface area (Å²) >= 11 is 3.41. The smallest absolute Gasteiger partial charge is 0.254 e. The Morgan fingerprint density at radius 2 is 2.31 bits per heavy atom. The van der Waals surface area contributed by atoms with Gasteiger partial charge in [-0.1, -0.05) is 22.9 Å². The van der Waals surface area contributed by atoms with E-state index in [0.717, 1.165) is 23.9 Å². The third-order valence-electron chi connectivity index (χ3n) is 2.83. The van der Waals surface area contributed by atoms with E-state index in [9.17, 15) is 4.79 Å². The Bertz CT molecular complexity index is 362. The second kappa shape index (κ2) is 5.53. The topological polar surface area (TPSA) is 42.2 Å². The van der Waals surface area contributed by atoms with Crippen molar-refractivity contribution in [2.75, 3.05) is 5.33 Å². The minimum absolute atomic E-state index is 0.0675. The Hall–Kier alpha value is -0.770. The van der Waals surface area contributed by atoms with Gasteiger partial charge >= 0.3 is 0 Å². The van der Waals surface area contributed by atoms with Crippen LogP contribution < -0.4 is 5.32 Å². The highest BCUT2D eigenvalue weighted by atomic mass is 79.9. The van der Waals surface area contributed by atoms with Crippen LogP contribution in [0.1, 0.15) is 42.8 Å². The Morgan fingerprint density at radius 3 is 2.75 bits per heavy atom. The van der Waals surface area contributed by atoms with Crippen LogP contribution in [-0.4, -0.2) is 16.8 Å². The highest BCUT2D eigenvalue weighted by Gasteiger charge is 2.24. The normalized spacial score (nSPS) is 14.5. The molecule has 0 fully saturated rings. The summed E-state index contributed by atoms with van der Waals surface area (Å²) in [4.78, 5) is 11.9. The van der Waals surface area contributed by atoms with Crippen molar-refractivity contribution in [2.24, 2.45) is 0 Å². The molecule has 0 radical (unpaired) electrons. The van der Waals surface area contributed by atoms with E-state index in [1.165, 1.54) is 6.26 Å². The van der Waals surface area contributed by atoms with Gasteiger partial charge in [-0.3, -0.25) is 4.79 Å². The largest absolute Gasteiger partial charge is 0.469 e. The molecule has 1 N–H and O–H groups in total. The molecule has 1 heterocycles. The summed E-state index contributed by atoms with van der Waals surface area (Å²) in [5, 5.41) is 3.92. The first kappa shape index (κ1) is 13.3. The first-order valence-electron chi connectivity index (χ1n) is 5.44. The van der Waals surface area contributed by atoms with Crippen molar-refractivity contribution in [2.45, 2.75) is 39.2 Å². The number of aryl methyl sites for hydroxylation is 1. The van der Waals surface area contributed by atoms with Crippen LogP contribution in [0.15, 0.2) is 16.7 Å². The van der Waals surface area contributed by atoms with Crippen LogP contribution in [0.25, 0.3) is 0 Å². The third-order valence-corrected chi connectivity index (χ3v) is 3.23. The first-order chi connectivity index (χ1) is 7.50. The number of furan rings is 1. The zero-order chi connectivity index (χ0) is 12.2. The molecule has 16 heavy (non-hydrogen) atoms. The molecule has 1 amide bonds. The Labute approximate surface area is 105 Å². The second-order valence-corrected chi connectivity index (χ2v) is 5.05. The Morgan fingerprint density at radius 1 is 1.62 bits per heavy atom. The van der Waals surface area contributed by atoms with E-state index < -0.39 is 0 Å². The fraction of sp³-hybridized carbons (Fsp3) is 0.583. The van der Waals surface area contributed by atoms with Crippen LogP contribution in [-0.2, 0) is 0 Å². The summed E-state index contributed by atoms with van der Waals surface area (Å²) in [5.74, 6) is 0.686. The molecule has 1 unspecified atom stereocenters. The molecule has 0 bridgehead atoms. The number of halogens is 1. The molecule has 0 saturated heterocycles. The minimum Gasteiger partial charge on any atom is -0.469 e. The SMILES string of the molecule is CCC(C)(CCBr)NC(=O)c1coc(C)c1. The van der Waals surface area contributed by atoms with Gasteiger partial charge in [0.15, 0.2) is 0 Å². The molecule has 0 aliphatic rings. The van der Waals surface area contributed by atoms with E-state index in [1.54, 1.807) is 6.07 Å². The van der Waals surface area contributed by atoms with Gasteiger partial charge in [-0.05, 0) is 32.8 Å². The second-order valence-electron chi connectivity index (χ2n) is 4.25. The number of carbonyl (C=O) groups is 1. The molecule has 4 heteroatoms. The van der Waals surface area contributed by atoms with Gasteiger partial charge in [0, 0.05) is 10.9 Å². The van der Waals surface area contributed by atoms with Gasteiger partial charge in [-0.15, -0.1) is 0 Å². The summed E-state index contributed by atoms with van der Waals surface area (Å²) in [5.41, 5.74) is 0.429. The predicted molar refractivity (Wildman–Crippen MR) is 68.0 cm³/mol. The Kier molecular flexibility index (Phi) is 4.59. The molecule has 1 aromatic rings. The van der Waals surface area contributed by atoms with Crippen molar-refractivity contribution < 1.29 is 9.21 Å². The van der Waals surface area contributed by atoms with E-state index in [1.807, 2.05) is 6.92 Å². The van der Waals surface area contributed by atoms with Crippen molar-refractivity contribution in [3.05, 3.63) is 23.7 Å². The number of rotatable bonds is 5. The van der Waals surface area contributed by atoms with Crippen molar-refractivity contribution in [3.8, 4) is 0 Å². The maximum absolute atomic E-state index is 11.9. The zero-order valence-corrected chi connectivity index (χ0v) is 11.6. The van der Waals surface area contributed by atoms with E-state index >= 15 is 0 Å². The fourth-order valence-electron chi connectivity index (χ4n) is 1.44. The van der Waals surface area contributed by atoms with E-state index in [-0.39, 0.29) is 11.4 Å². The maximum Gasteiger partial charge on any atom is 0.254 e.